The van der Waals surface area contributed by atoms with Crippen LogP contribution in [0.2, 0.25) is 5.02 Å². The summed E-state index contributed by atoms with van der Waals surface area (Å²) in [6, 6.07) is 5.21. The number of imide groups is 1. The summed E-state index contributed by atoms with van der Waals surface area (Å²) in [6.07, 6.45) is 4.50. The van der Waals surface area contributed by atoms with Gasteiger partial charge >= 0.3 is 18.0 Å². The van der Waals surface area contributed by atoms with Crippen LogP contribution in [0, 0.1) is 5.82 Å². The minimum absolute atomic E-state index is 0.0690. The summed E-state index contributed by atoms with van der Waals surface area (Å²) in [5.74, 6) is -2.18. The molecule has 4 N–H and O–H groups in total. The molecular weight excluding hydrogens is 549 g/mol. The maximum Gasteiger partial charge on any atom is 0.331 e. The number of amides is 3. The number of urea groups is 1. The molecule has 0 unspecified atom stereocenters. The summed E-state index contributed by atoms with van der Waals surface area (Å²) < 4.78 is 20.9. The van der Waals surface area contributed by atoms with Crippen LogP contribution in [0.1, 0.15) is 37.7 Å². The Morgan fingerprint density at radius 2 is 2.05 bits per heavy atom. The van der Waals surface area contributed by atoms with Crippen LogP contribution >= 0.6 is 11.6 Å². The molecule has 0 atom stereocenters. The summed E-state index contributed by atoms with van der Waals surface area (Å²) in [7, 11) is 0. The minimum Gasteiger partial charge on any atom is -0.481 e. The number of carboxylic acid groups (broad SMARTS) is 1. The van der Waals surface area contributed by atoms with Gasteiger partial charge in [-0.05, 0) is 43.5 Å². The van der Waals surface area contributed by atoms with Gasteiger partial charge in [0.25, 0.3) is 5.91 Å². The molecule has 0 bridgehead atoms. The third-order valence-corrected chi connectivity index (χ3v) is 6.24. The number of nitrogens with zero attached hydrogens (tertiary/aromatic N) is 4. The molecule has 40 heavy (non-hydrogen) atoms. The molecule has 1 aliphatic heterocycles. The SMILES string of the molecule is O=C(O)CCCC(=O)OCN1C(=O)NC(=Cc2cnn3c(NC4CC4)cc(Nc4cc(Cl)ccc4F)nc23)C1=O. The summed E-state index contributed by atoms with van der Waals surface area (Å²) in [5, 5.41) is 22.0. The van der Waals surface area contributed by atoms with Crippen molar-refractivity contribution >= 4 is 64.5 Å². The van der Waals surface area contributed by atoms with Crippen molar-refractivity contribution in [2.45, 2.75) is 38.1 Å². The first kappa shape index (κ1) is 26.9. The average molecular weight is 572 g/mol. The molecule has 2 aromatic heterocycles. The molecule has 1 saturated heterocycles. The van der Waals surface area contributed by atoms with Crippen molar-refractivity contribution in [3.05, 3.63) is 52.6 Å². The van der Waals surface area contributed by atoms with Gasteiger partial charge in [-0.1, -0.05) is 11.6 Å². The van der Waals surface area contributed by atoms with Crippen molar-refractivity contribution in [2.24, 2.45) is 0 Å². The maximum absolute atomic E-state index is 14.4. The summed E-state index contributed by atoms with van der Waals surface area (Å²) in [6.45, 7) is -0.629. The van der Waals surface area contributed by atoms with Crippen molar-refractivity contribution < 1.29 is 33.4 Å². The van der Waals surface area contributed by atoms with Crippen molar-refractivity contribution in [2.75, 3.05) is 17.4 Å². The minimum atomic E-state index is -1.05. The summed E-state index contributed by atoms with van der Waals surface area (Å²) >= 11 is 6.02. The fraction of sp³-hybridized carbons (Fsp3) is 0.280. The van der Waals surface area contributed by atoms with Crippen LogP contribution in [0.5, 0.6) is 0 Å². The van der Waals surface area contributed by atoms with E-state index < -0.39 is 36.4 Å². The van der Waals surface area contributed by atoms with E-state index in [4.69, 9.17) is 21.4 Å². The molecule has 3 heterocycles. The molecule has 3 amide bonds. The van der Waals surface area contributed by atoms with E-state index in [0.717, 1.165) is 12.8 Å². The number of esters is 1. The first-order chi connectivity index (χ1) is 19.2. The Bertz CT molecular complexity index is 1550. The van der Waals surface area contributed by atoms with Gasteiger partial charge in [-0.3, -0.25) is 14.4 Å². The fourth-order valence-electron chi connectivity index (χ4n) is 3.85. The van der Waals surface area contributed by atoms with Crippen molar-refractivity contribution in [1.82, 2.24) is 24.8 Å². The smallest absolute Gasteiger partial charge is 0.331 e. The second kappa shape index (κ2) is 11.2. The lowest BCUT2D eigenvalue weighted by molar-refractivity contribution is -0.149. The zero-order valence-electron chi connectivity index (χ0n) is 20.8. The maximum atomic E-state index is 14.4. The second-order valence-corrected chi connectivity index (χ2v) is 9.58. The second-order valence-electron chi connectivity index (χ2n) is 9.14. The van der Waals surface area contributed by atoms with Crippen molar-refractivity contribution in [1.29, 1.82) is 0 Å². The molecule has 3 aromatic rings. The molecule has 2 fully saturated rings. The highest BCUT2D eigenvalue weighted by molar-refractivity contribution is 6.30. The largest absolute Gasteiger partial charge is 0.481 e. The number of rotatable bonds is 11. The van der Waals surface area contributed by atoms with Gasteiger partial charge in [-0.25, -0.2) is 19.1 Å². The lowest BCUT2D eigenvalue weighted by atomic mass is 10.2. The number of ether oxygens (including phenoxy) is 1. The lowest BCUT2D eigenvalue weighted by Crippen LogP contribution is -2.34. The van der Waals surface area contributed by atoms with Gasteiger partial charge in [-0.2, -0.15) is 9.61 Å². The van der Waals surface area contributed by atoms with Crippen molar-refractivity contribution in [3.8, 4) is 0 Å². The third kappa shape index (κ3) is 6.12. The van der Waals surface area contributed by atoms with Crippen LogP contribution in [0.3, 0.4) is 0 Å². The molecule has 15 heteroatoms. The molecule has 13 nitrogen and oxygen atoms in total. The van der Waals surface area contributed by atoms with Crippen LogP contribution in [0.25, 0.3) is 11.7 Å². The number of fused-ring (bicyclic) bond motifs is 1. The number of carbonyl (C=O) groups is 4. The zero-order valence-corrected chi connectivity index (χ0v) is 21.6. The predicted molar refractivity (Wildman–Crippen MR) is 140 cm³/mol. The molecule has 1 saturated carbocycles. The average Bonchev–Trinajstić information content (AvgIpc) is 3.56. The number of aliphatic carboxylic acids is 1. The number of nitrogens with one attached hydrogen (secondary N) is 3. The Labute approximate surface area is 230 Å². The highest BCUT2D eigenvalue weighted by atomic mass is 35.5. The molecule has 208 valence electrons. The standard InChI is InChI=1S/C25H23ClFN7O6/c26-14-4-7-16(27)17(9-14)30-19-10-20(29-15-5-6-15)34-23(32-19)13(11-28-34)8-18-24(38)33(25(39)31-18)12-40-22(37)3-1-2-21(35)36/h4,7-11,15,29H,1-3,5-6,12H2,(H,30,32)(H,31,39)(H,35,36). The highest BCUT2D eigenvalue weighted by Crippen LogP contribution is 2.30. The Morgan fingerprint density at radius 3 is 2.80 bits per heavy atom. The van der Waals surface area contributed by atoms with E-state index in [1.165, 1.54) is 35.0 Å². The number of carbonyl (C=O) groups excluding carboxylic acids is 3. The van der Waals surface area contributed by atoms with Gasteiger partial charge in [0.15, 0.2) is 12.4 Å². The third-order valence-electron chi connectivity index (χ3n) is 6.01. The molecule has 1 aromatic carbocycles. The summed E-state index contributed by atoms with van der Waals surface area (Å²) in [4.78, 5) is 52.9. The van der Waals surface area contributed by atoms with Gasteiger partial charge in [0.05, 0.1) is 11.9 Å². The van der Waals surface area contributed by atoms with Crippen LogP contribution in [-0.4, -0.2) is 61.3 Å². The normalized spacial score (nSPS) is 15.9. The van der Waals surface area contributed by atoms with E-state index in [-0.39, 0.29) is 42.5 Å². The van der Waals surface area contributed by atoms with Crippen LogP contribution < -0.4 is 16.0 Å². The molecule has 5 rings (SSSR count). The molecule has 0 radical (unpaired) electrons. The lowest BCUT2D eigenvalue weighted by Gasteiger charge is -2.12. The van der Waals surface area contributed by atoms with E-state index in [9.17, 15) is 23.6 Å². The van der Waals surface area contributed by atoms with Crippen LogP contribution in [0.15, 0.2) is 36.2 Å². The van der Waals surface area contributed by atoms with E-state index >= 15 is 0 Å². The van der Waals surface area contributed by atoms with E-state index in [1.807, 2.05) is 0 Å². The topological polar surface area (TPSA) is 167 Å². The van der Waals surface area contributed by atoms with Crippen LogP contribution in [0.4, 0.5) is 26.5 Å². The number of hydrogen-bond donors (Lipinski definition) is 4. The van der Waals surface area contributed by atoms with Gasteiger partial charge in [-0.15, -0.1) is 0 Å². The number of benzene rings is 1. The molecule has 2 aliphatic rings. The quantitative estimate of drug-likeness (QED) is 0.152. The molecular formula is C25H23ClFN7O6. The Morgan fingerprint density at radius 1 is 1.25 bits per heavy atom. The Balaban J connectivity index is 1.37. The summed E-state index contributed by atoms with van der Waals surface area (Å²) in [5.41, 5.74) is 0.714. The van der Waals surface area contributed by atoms with Gasteiger partial charge in [0.2, 0.25) is 0 Å². The fourth-order valence-corrected chi connectivity index (χ4v) is 4.03. The highest BCUT2D eigenvalue weighted by Gasteiger charge is 2.35. The first-order valence-corrected chi connectivity index (χ1v) is 12.6. The number of hydrogen-bond acceptors (Lipinski definition) is 9. The van der Waals surface area contributed by atoms with Gasteiger partial charge in [0, 0.05) is 35.5 Å². The number of aromatic nitrogens is 3. The number of carboxylic acids is 1. The Hall–Kier alpha value is -4.72. The monoisotopic (exact) mass is 571 g/mol. The van der Waals surface area contributed by atoms with Gasteiger partial charge < -0.3 is 25.8 Å². The van der Waals surface area contributed by atoms with Crippen LogP contribution in [-0.2, 0) is 19.1 Å². The number of halogens is 2. The van der Waals surface area contributed by atoms with E-state index in [1.54, 1.807) is 6.07 Å². The molecule has 0 spiro atoms. The van der Waals surface area contributed by atoms with E-state index in [2.05, 4.69) is 26.0 Å². The van der Waals surface area contributed by atoms with Crippen molar-refractivity contribution in [3.63, 3.8) is 0 Å². The number of anilines is 3. The van der Waals surface area contributed by atoms with E-state index in [0.29, 0.717) is 27.0 Å². The molecule has 1 aliphatic carbocycles. The zero-order chi connectivity index (χ0) is 28.4. The predicted octanol–water partition coefficient (Wildman–Crippen LogP) is 3.49. The van der Waals surface area contributed by atoms with Gasteiger partial charge in [0.1, 0.15) is 23.1 Å². The Kier molecular flexibility index (Phi) is 7.51. The first-order valence-electron chi connectivity index (χ1n) is 12.3.